The van der Waals surface area contributed by atoms with Crippen LogP contribution in [0.1, 0.15) is 19.3 Å². The number of aromatic nitrogens is 5. The van der Waals surface area contributed by atoms with E-state index in [-0.39, 0.29) is 29.2 Å². The predicted octanol–water partition coefficient (Wildman–Crippen LogP) is 1.16. The standard InChI is InChI=1S/C20H22FN7O2/c1-27-9-23-14-6-12(16(29)7-11(14)20(27)30)19-22-8-17(25-26-19)28(2)15-5-10-3-4-13(24-10)18(15)21/h6-10,13,15,18,24,29H,3-5H2,1-2H3/t10?,13?,15-,18+/m0/s1. The van der Waals surface area contributed by atoms with E-state index in [1.807, 2.05) is 0 Å². The van der Waals surface area contributed by atoms with Gasteiger partial charge in [-0.3, -0.25) is 4.79 Å². The maximum atomic E-state index is 14.8. The Morgan fingerprint density at radius 3 is 2.87 bits per heavy atom. The van der Waals surface area contributed by atoms with E-state index in [4.69, 9.17) is 0 Å². The molecular weight excluding hydrogens is 389 g/mol. The average molecular weight is 411 g/mol. The molecule has 2 aromatic heterocycles. The van der Waals surface area contributed by atoms with E-state index in [9.17, 15) is 14.3 Å². The number of nitrogens with zero attached hydrogens (tertiary/aromatic N) is 6. The number of fused-ring (bicyclic) bond motifs is 3. The Labute approximate surface area is 171 Å². The van der Waals surface area contributed by atoms with Crippen molar-refractivity contribution in [3.05, 3.63) is 35.0 Å². The highest BCUT2D eigenvalue weighted by Gasteiger charge is 2.43. The first-order chi connectivity index (χ1) is 14.4. The number of hydrogen-bond acceptors (Lipinski definition) is 8. The van der Waals surface area contributed by atoms with Gasteiger partial charge >= 0.3 is 0 Å². The normalized spacial score (nSPS) is 25.6. The van der Waals surface area contributed by atoms with Crippen molar-refractivity contribution in [3.63, 3.8) is 0 Å². The summed E-state index contributed by atoms with van der Waals surface area (Å²) in [5, 5.41) is 22.4. The molecule has 3 aromatic rings. The monoisotopic (exact) mass is 411 g/mol. The number of hydrogen-bond donors (Lipinski definition) is 2. The van der Waals surface area contributed by atoms with Crippen LogP contribution in [0.5, 0.6) is 5.75 Å². The zero-order chi connectivity index (χ0) is 21.0. The minimum absolute atomic E-state index is 0.105. The predicted molar refractivity (Wildman–Crippen MR) is 109 cm³/mol. The fourth-order valence-electron chi connectivity index (χ4n) is 4.50. The molecule has 30 heavy (non-hydrogen) atoms. The highest BCUT2D eigenvalue weighted by molar-refractivity contribution is 5.85. The molecule has 0 saturated carbocycles. The van der Waals surface area contributed by atoms with Crippen LogP contribution in [0, 0.1) is 0 Å². The number of piperidine rings is 1. The van der Waals surface area contributed by atoms with Crippen molar-refractivity contribution in [3.8, 4) is 17.1 Å². The number of phenolic OH excluding ortho intramolecular Hbond substituents is 1. The van der Waals surface area contributed by atoms with E-state index in [0.29, 0.717) is 34.7 Å². The Bertz CT molecular complexity index is 1170. The van der Waals surface area contributed by atoms with Gasteiger partial charge in [-0.1, -0.05) is 0 Å². The third-order valence-electron chi connectivity index (χ3n) is 6.24. The molecule has 0 amide bonds. The molecule has 156 valence electrons. The summed E-state index contributed by atoms with van der Waals surface area (Å²) >= 11 is 0. The second-order valence-electron chi connectivity index (χ2n) is 8.09. The summed E-state index contributed by atoms with van der Waals surface area (Å²) in [5.41, 5.74) is 0.504. The zero-order valence-corrected chi connectivity index (χ0v) is 16.7. The molecule has 0 spiro atoms. The molecular formula is C20H22FN7O2. The van der Waals surface area contributed by atoms with E-state index >= 15 is 0 Å². The number of rotatable bonds is 3. The molecule has 2 bridgehead atoms. The Kier molecular flexibility index (Phi) is 4.39. The molecule has 0 radical (unpaired) electrons. The van der Waals surface area contributed by atoms with Crippen LogP contribution in [0.2, 0.25) is 0 Å². The third kappa shape index (κ3) is 2.98. The first-order valence-corrected chi connectivity index (χ1v) is 9.94. The lowest BCUT2D eigenvalue weighted by Crippen LogP contribution is -2.55. The smallest absolute Gasteiger partial charge is 0.261 e. The lowest BCUT2D eigenvalue weighted by Gasteiger charge is -2.38. The number of halogens is 1. The van der Waals surface area contributed by atoms with Crippen molar-refractivity contribution >= 4 is 16.7 Å². The van der Waals surface area contributed by atoms with E-state index < -0.39 is 6.17 Å². The minimum atomic E-state index is -0.978. The SMILES string of the molecule is CN(c1cnc(-c2cc3ncn(C)c(=O)c3cc2O)nn1)[C@H]1CC2CCC(N2)[C@H]1F. The van der Waals surface area contributed by atoms with E-state index in [0.717, 1.165) is 12.8 Å². The quantitative estimate of drug-likeness (QED) is 0.661. The topological polar surface area (TPSA) is 109 Å². The van der Waals surface area contributed by atoms with Gasteiger partial charge in [0.2, 0.25) is 0 Å². The Morgan fingerprint density at radius 2 is 2.10 bits per heavy atom. The molecule has 9 nitrogen and oxygen atoms in total. The highest BCUT2D eigenvalue weighted by Crippen LogP contribution is 2.33. The van der Waals surface area contributed by atoms with Crippen molar-refractivity contribution < 1.29 is 9.50 Å². The summed E-state index contributed by atoms with van der Waals surface area (Å²) in [4.78, 5) is 22.6. The van der Waals surface area contributed by atoms with E-state index in [2.05, 4.69) is 25.5 Å². The molecule has 2 saturated heterocycles. The summed E-state index contributed by atoms with van der Waals surface area (Å²) in [7, 11) is 3.40. The number of alkyl halides is 1. The third-order valence-corrected chi connectivity index (χ3v) is 6.24. The van der Waals surface area contributed by atoms with Crippen LogP contribution in [0.3, 0.4) is 0 Å². The second kappa shape index (κ2) is 6.98. The number of aromatic hydroxyl groups is 1. The number of aryl methyl sites for hydroxylation is 1. The number of benzene rings is 1. The molecule has 2 N–H and O–H groups in total. The van der Waals surface area contributed by atoms with Crippen LogP contribution in [0.15, 0.2) is 29.5 Å². The highest BCUT2D eigenvalue weighted by atomic mass is 19.1. The van der Waals surface area contributed by atoms with Crippen molar-refractivity contribution in [2.24, 2.45) is 7.05 Å². The fraction of sp³-hybridized carbons (Fsp3) is 0.450. The molecule has 4 heterocycles. The van der Waals surface area contributed by atoms with Crippen LogP contribution in [-0.2, 0) is 7.05 Å². The number of nitrogens with one attached hydrogen (secondary N) is 1. The molecule has 1 aromatic carbocycles. The second-order valence-corrected chi connectivity index (χ2v) is 8.09. The lowest BCUT2D eigenvalue weighted by molar-refractivity contribution is 0.176. The minimum Gasteiger partial charge on any atom is -0.507 e. The molecule has 0 aliphatic carbocycles. The Hall–Kier alpha value is -3.14. The molecule has 5 rings (SSSR count). The van der Waals surface area contributed by atoms with Crippen LogP contribution in [0.25, 0.3) is 22.3 Å². The van der Waals surface area contributed by atoms with Crippen LogP contribution < -0.4 is 15.8 Å². The van der Waals surface area contributed by atoms with Gasteiger partial charge in [0, 0.05) is 26.2 Å². The molecule has 2 aliphatic heterocycles. The van der Waals surface area contributed by atoms with Gasteiger partial charge in [0.25, 0.3) is 5.56 Å². The first kappa shape index (κ1) is 18.9. The van der Waals surface area contributed by atoms with Gasteiger partial charge in [0.15, 0.2) is 11.6 Å². The Morgan fingerprint density at radius 1 is 1.27 bits per heavy atom. The first-order valence-electron chi connectivity index (χ1n) is 9.94. The Balaban J connectivity index is 1.44. The maximum Gasteiger partial charge on any atom is 0.261 e. The summed E-state index contributed by atoms with van der Waals surface area (Å²) in [5.74, 6) is 0.547. The molecule has 4 atom stereocenters. The van der Waals surface area contributed by atoms with E-state index in [1.165, 1.54) is 23.2 Å². The van der Waals surface area contributed by atoms with Crippen LogP contribution in [-0.4, -0.2) is 61.2 Å². The maximum absolute atomic E-state index is 14.8. The van der Waals surface area contributed by atoms with Crippen molar-refractivity contribution in [1.29, 1.82) is 0 Å². The molecule has 10 heteroatoms. The molecule has 2 unspecified atom stereocenters. The summed E-state index contributed by atoms with van der Waals surface area (Å²) in [6.45, 7) is 0. The fourth-order valence-corrected chi connectivity index (χ4v) is 4.50. The summed E-state index contributed by atoms with van der Waals surface area (Å²) in [6.07, 6.45) is 4.54. The number of phenols is 1. The van der Waals surface area contributed by atoms with Gasteiger partial charge in [-0.15, -0.1) is 10.2 Å². The van der Waals surface area contributed by atoms with Gasteiger partial charge < -0.3 is 19.9 Å². The largest absolute Gasteiger partial charge is 0.507 e. The van der Waals surface area contributed by atoms with Crippen LogP contribution in [0.4, 0.5) is 10.2 Å². The van der Waals surface area contributed by atoms with Gasteiger partial charge in [-0.25, -0.2) is 14.4 Å². The average Bonchev–Trinajstić information content (AvgIpc) is 3.17. The van der Waals surface area contributed by atoms with Crippen molar-refractivity contribution in [1.82, 2.24) is 30.0 Å². The number of anilines is 1. The van der Waals surface area contributed by atoms with Crippen molar-refractivity contribution in [2.75, 3.05) is 11.9 Å². The van der Waals surface area contributed by atoms with Gasteiger partial charge in [-0.2, -0.15) is 0 Å². The van der Waals surface area contributed by atoms with E-state index in [1.54, 1.807) is 25.1 Å². The summed E-state index contributed by atoms with van der Waals surface area (Å²) in [6, 6.07) is 2.88. The zero-order valence-electron chi connectivity index (χ0n) is 16.7. The molecule has 2 aliphatic rings. The van der Waals surface area contributed by atoms with Crippen molar-refractivity contribution in [2.45, 2.75) is 43.6 Å². The lowest BCUT2D eigenvalue weighted by atomic mass is 9.96. The van der Waals surface area contributed by atoms with Gasteiger partial charge in [0.1, 0.15) is 11.9 Å². The summed E-state index contributed by atoms with van der Waals surface area (Å²) < 4.78 is 16.2. The van der Waals surface area contributed by atoms with Crippen LogP contribution >= 0.6 is 0 Å². The van der Waals surface area contributed by atoms with Gasteiger partial charge in [0.05, 0.1) is 35.0 Å². The van der Waals surface area contributed by atoms with Gasteiger partial charge in [-0.05, 0) is 31.4 Å². The molecule has 2 fully saturated rings.